The maximum Gasteiger partial charge on any atom is 0.303 e. The van der Waals surface area contributed by atoms with Crippen LogP contribution in [0.2, 0.25) is 0 Å². The summed E-state index contributed by atoms with van der Waals surface area (Å²) in [6.07, 6.45) is 0.239. The first-order valence-electron chi connectivity index (χ1n) is 6.52. The van der Waals surface area contributed by atoms with E-state index in [1.165, 1.54) is 0 Å². The van der Waals surface area contributed by atoms with Crippen LogP contribution in [0, 0.1) is 0 Å². The lowest BCUT2D eigenvalue weighted by atomic mass is 9.84. The van der Waals surface area contributed by atoms with Crippen molar-refractivity contribution < 1.29 is 14.3 Å². The Bertz CT molecular complexity index is 612. The van der Waals surface area contributed by atoms with Crippen molar-refractivity contribution in [3.63, 3.8) is 0 Å². The number of hydrogen-bond donors (Lipinski definition) is 1. The van der Waals surface area contributed by atoms with Crippen LogP contribution in [0.5, 0.6) is 0 Å². The average molecular weight is 274 g/mol. The zero-order valence-corrected chi connectivity index (χ0v) is 11.9. The van der Waals surface area contributed by atoms with Crippen LogP contribution in [-0.2, 0) is 16.6 Å². The van der Waals surface area contributed by atoms with Crippen molar-refractivity contribution >= 4 is 5.97 Å². The van der Waals surface area contributed by atoms with E-state index in [9.17, 15) is 4.79 Å². The van der Waals surface area contributed by atoms with Crippen LogP contribution in [0.3, 0.4) is 0 Å². The summed E-state index contributed by atoms with van der Waals surface area (Å²) in [5.74, 6) is -0.0816. The van der Waals surface area contributed by atoms with E-state index in [1.807, 2.05) is 24.3 Å². The van der Waals surface area contributed by atoms with Gasteiger partial charge < -0.3 is 9.52 Å². The standard InChI is InChI=1S/C15H18N2O3/c1-15(2,3)11-7-5-4-6-10(11)14-17-16-12(20-14)8-9-13(18)19/h4-7H,8-9H2,1-3H3,(H,18,19). The van der Waals surface area contributed by atoms with Gasteiger partial charge in [0.1, 0.15) is 0 Å². The van der Waals surface area contributed by atoms with E-state index in [4.69, 9.17) is 9.52 Å². The molecule has 1 aromatic carbocycles. The normalized spacial score (nSPS) is 11.6. The van der Waals surface area contributed by atoms with E-state index >= 15 is 0 Å². The molecular weight excluding hydrogens is 256 g/mol. The first kappa shape index (κ1) is 14.2. The third-order valence-corrected chi connectivity index (χ3v) is 2.99. The predicted molar refractivity (Wildman–Crippen MR) is 74.4 cm³/mol. The second-order valence-corrected chi connectivity index (χ2v) is 5.69. The van der Waals surface area contributed by atoms with Crippen molar-refractivity contribution in [2.45, 2.75) is 39.0 Å². The van der Waals surface area contributed by atoms with Gasteiger partial charge in [-0.25, -0.2) is 0 Å². The van der Waals surface area contributed by atoms with Gasteiger partial charge in [0.2, 0.25) is 11.8 Å². The van der Waals surface area contributed by atoms with Crippen LogP contribution in [0.4, 0.5) is 0 Å². The summed E-state index contributed by atoms with van der Waals surface area (Å²) in [6, 6.07) is 7.88. The third kappa shape index (κ3) is 3.23. The van der Waals surface area contributed by atoms with Gasteiger partial charge in [-0.1, -0.05) is 39.0 Å². The minimum absolute atomic E-state index is 0.0114. The predicted octanol–water partition coefficient (Wildman–Crippen LogP) is 3.05. The van der Waals surface area contributed by atoms with Gasteiger partial charge in [-0.2, -0.15) is 0 Å². The van der Waals surface area contributed by atoms with Gasteiger partial charge in [0.15, 0.2) is 0 Å². The van der Waals surface area contributed by atoms with E-state index in [0.29, 0.717) is 11.8 Å². The van der Waals surface area contributed by atoms with Gasteiger partial charge in [0, 0.05) is 12.0 Å². The molecule has 1 N–H and O–H groups in total. The molecule has 2 rings (SSSR count). The number of aromatic nitrogens is 2. The Morgan fingerprint density at radius 3 is 2.60 bits per heavy atom. The second kappa shape index (κ2) is 5.45. The molecule has 5 heteroatoms. The zero-order chi connectivity index (χ0) is 14.8. The maximum absolute atomic E-state index is 10.5. The molecule has 0 fully saturated rings. The highest BCUT2D eigenvalue weighted by Crippen LogP contribution is 2.32. The van der Waals surface area contributed by atoms with Crippen molar-refractivity contribution in [2.24, 2.45) is 0 Å². The molecule has 106 valence electrons. The number of rotatable bonds is 4. The monoisotopic (exact) mass is 274 g/mol. The molecule has 0 saturated carbocycles. The van der Waals surface area contributed by atoms with Crippen molar-refractivity contribution in [2.75, 3.05) is 0 Å². The number of aliphatic carboxylic acids is 1. The molecule has 5 nitrogen and oxygen atoms in total. The van der Waals surface area contributed by atoms with E-state index in [1.54, 1.807) is 0 Å². The van der Waals surface area contributed by atoms with E-state index in [2.05, 4.69) is 31.0 Å². The number of hydrogen-bond acceptors (Lipinski definition) is 4. The SMILES string of the molecule is CC(C)(C)c1ccccc1-c1nnc(CCC(=O)O)o1. The van der Waals surface area contributed by atoms with Gasteiger partial charge in [0.25, 0.3) is 0 Å². The summed E-state index contributed by atoms with van der Waals surface area (Å²) in [6.45, 7) is 6.36. The largest absolute Gasteiger partial charge is 0.481 e. The van der Waals surface area contributed by atoms with Crippen LogP contribution in [0.15, 0.2) is 28.7 Å². The highest BCUT2D eigenvalue weighted by Gasteiger charge is 2.21. The summed E-state index contributed by atoms with van der Waals surface area (Å²) in [5.41, 5.74) is 1.98. The van der Waals surface area contributed by atoms with E-state index in [0.717, 1.165) is 11.1 Å². The number of nitrogens with zero attached hydrogens (tertiary/aromatic N) is 2. The first-order chi connectivity index (χ1) is 9.38. The highest BCUT2D eigenvalue weighted by atomic mass is 16.4. The molecule has 1 heterocycles. The van der Waals surface area contributed by atoms with Crippen LogP contribution in [-0.4, -0.2) is 21.3 Å². The lowest BCUT2D eigenvalue weighted by Crippen LogP contribution is -2.12. The average Bonchev–Trinajstić information content (AvgIpc) is 2.84. The molecule has 0 aliphatic rings. The quantitative estimate of drug-likeness (QED) is 0.927. The Kier molecular flexibility index (Phi) is 3.88. The van der Waals surface area contributed by atoms with Gasteiger partial charge >= 0.3 is 5.97 Å². The molecule has 20 heavy (non-hydrogen) atoms. The van der Waals surface area contributed by atoms with Gasteiger partial charge in [-0.05, 0) is 17.0 Å². The van der Waals surface area contributed by atoms with E-state index < -0.39 is 5.97 Å². The van der Waals surface area contributed by atoms with Crippen LogP contribution < -0.4 is 0 Å². The molecule has 0 amide bonds. The smallest absolute Gasteiger partial charge is 0.303 e. The Morgan fingerprint density at radius 1 is 1.25 bits per heavy atom. The molecule has 0 atom stereocenters. The Hall–Kier alpha value is -2.17. The molecule has 0 spiro atoms. The summed E-state index contributed by atoms with van der Waals surface area (Å²) >= 11 is 0. The van der Waals surface area contributed by atoms with Crippen molar-refractivity contribution in [3.8, 4) is 11.5 Å². The second-order valence-electron chi connectivity index (χ2n) is 5.69. The number of carboxylic acids is 1. The molecule has 0 aliphatic heterocycles. The first-order valence-corrected chi connectivity index (χ1v) is 6.52. The fourth-order valence-corrected chi connectivity index (χ4v) is 2.00. The Labute approximate surface area is 117 Å². The summed E-state index contributed by atoms with van der Waals surface area (Å²) < 4.78 is 5.57. The Morgan fingerprint density at radius 2 is 1.95 bits per heavy atom. The number of carboxylic acid groups (broad SMARTS) is 1. The lowest BCUT2D eigenvalue weighted by molar-refractivity contribution is -0.137. The molecule has 0 saturated heterocycles. The molecule has 0 aliphatic carbocycles. The minimum atomic E-state index is -0.875. The molecule has 1 aromatic heterocycles. The lowest BCUT2D eigenvalue weighted by Gasteiger charge is -2.21. The maximum atomic E-state index is 10.5. The van der Waals surface area contributed by atoms with Crippen LogP contribution in [0.1, 0.15) is 38.6 Å². The molecule has 2 aromatic rings. The van der Waals surface area contributed by atoms with Crippen molar-refractivity contribution in [1.82, 2.24) is 10.2 Å². The highest BCUT2D eigenvalue weighted by molar-refractivity contribution is 5.66. The zero-order valence-electron chi connectivity index (χ0n) is 11.9. The summed E-state index contributed by atoms with van der Waals surface area (Å²) in [7, 11) is 0. The van der Waals surface area contributed by atoms with Crippen molar-refractivity contribution in [3.05, 3.63) is 35.7 Å². The summed E-state index contributed by atoms with van der Waals surface area (Å²) in [4.78, 5) is 10.5. The van der Waals surface area contributed by atoms with Gasteiger partial charge in [-0.15, -0.1) is 10.2 Å². The third-order valence-electron chi connectivity index (χ3n) is 2.99. The van der Waals surface area contributed by atoms with Gasteiger partial charge in [0.05, 0.1) is 6.42 Å². The van der Waals surface area contributed by atoms with Crippen molar-refractivity contribution in [1.29, 1.82) is 0 Å². The number of benzene rings is 1. The number of aryl methyl sites for hydroxylation is 1. The number of carbonyl (C=O) groups is 1. The molecular formula is C15H18N2O3. The molecule has 0 bridgehead atoms. The van der Waals surface area contributed by atoms with Gasteiger partial charge in [-0.3, -0.25) is 4.79 Å². The van der Waals surface area contributed by atoms with Crippen LogP contribution >= 0.6 is 0 Å². The fraction of sp³-hybridized carbons (Fsp3) is 0.400. The fourth-order valence-electron chi connectivity index (χ4n) is 2.00. The minimum Gasteiger partial charge on any atom is -0.481 e. The van der Waals surface area contributed by atoms with E-state index in [-0.39, 0.29) is 18.3 Å². The molecule has 0 radical (unpaired) electrons. The topological polar surface area (TPSA) is 76.2 Å². The van der Waals surface area contributed by atoms with Crippen LogP contribution in [0.25, 0.3) is 11.5 Å². The molecule has 0 unspecified atom stereocenters. The summed E-state index contributed by atoms with van der Waals surface area (Å²) in [5, 5.41) is 16.6. The Balaban J connectivity index is 2.31.